The first-order valence-corrected chi connectivity index (χ1v) is 11.9. The van der Waals surface area contributed by atoms with Gasteiger partial charge in [0, 0.05) is 22.3 Å². The van der Waals surface area contributed by atoms with Crippen molar-refractivity contribution < 1.29 is 52.7 Å². The van der Waals surface area contributed by atoms with Crippen LogP contribution in [0.15, 0.2) is 45.1 Å². The molecule has 2 aliphatic rings. The molecule has 6 nitrogen and oxygen atoms in total. The van der Waals surface area contributed by atoms with E-state index in [0.717, 1.165) is 30.3 Å². The van der Waals surface area contributed by atoms with Gasteiger partial charge in [-0.25, -0.2) is 52.7 Å². The van der Waals surface area contributed by atoms with Gasteiger partial charge in [-0.2, -0.15) is 26.3 Å². The molecule has 2 atom stereocenters. The Kier molecular flexibility index (Phi) is 8.40. The van der Waals surface area contributed by atoms with Crippen LogP contribution in [-0.4, -0.2) is 12.3 Å². The van der Waals surface area contributed by atoms with Crippen molar-refractivity contribution in [3.05, 3.63) is 114 Å². The van der Waals surface area contributed by atoms with Crippen LogP contribution in [0.1, 0.15) is 22.3 Å². The van der Waals surface area contributed by atoms with Crippen molar-refractivity contribution in [2.24, 2.45) is 5.73 Å². The number of halogens is 12. The average molecular weight is 664 g/mol. The Balaban J connectivity index is 2.30. The Morgan fingerprint density at radius 3 is 1.28 bits per heavy atom. The van der Waals surface area contributed by atoms with E-state index >= 15 is 8.78 Å². The molecule has 2 unspecified atom stereocenters. The van der Waals surface area contributed by atoms with Crippen LogP contribution in [0.4, 0.5) is 52.7 Å². The van der Waals surface area contributed by atoms with Crippen molar-refractivity contribution in [1.29, 1.82) is 26.3 Å². The first-order chi connectivity index (χ1) is 22.1. The maximum atomic E-state index is 15.1. The van der Waals surface area contributed by atoms with Crippen LogP contribution in [0.25, 0.3) is 11.3 Å². The molecule has 0 aliphatic heterocycles. The van der Waals surface area contributed by atoms with E-state index in [0.29, 0.717) is 0 Å². The van der Waals surface area contributed by atoms with E-state index in [4.69, 9.17) is 21.5 Å². The van der Waals surface area contributed by atoms with E-state index in [1.54, 1.807) is 0 Å². The van der Waals surface area contributed by atoms with Crippen LogP contribution in [0, 0.1) is 103 Å². The van der Waals surface area contributed by atoms with E-state index in [1.807, 2.05) is 0 Å². The van der Waals surface area contributed by atoms with Gasteiger partial charge >= 0.3 is 0 Å². The smallest absolute Gasteiger partial charge is 0.180 e. The van der Waals surface area contributed by atoms with Gasteiger partial charge in [0.25, 0.3) is 0 Å². The minimum atomic E-state index is -3.45. The second-order valence-electron chi connectivity index (χ2n) is 9.12. The monoisotopic (exact) mass is 664 g/mol. The van der Waals surface area contributed by atoms with E-state index in [2.05, 4.69) is 0 Å². The summed E-state index contributed by atoms with van der Waals surface area (Å²) in [6.07, 6.45) is -6.77. The van der Waals surface area contributed by atoms with Gasteiger partial charge in [-0.3, -0.25) is 0 Å². The van der Waals surface area contributed by atoms with E-state index in [-0.39, 0.29) is 0 Å². The van der Waals surface area contributed by atoms with Crippen molar-refractivity contribution in [3.63, 3.8) is 0 Å². The highest BCUT2D eigenvalue weighted by Crippen LogP contribution is 2.57. The molecule has 0 spiro atoms. The molecule has 4 rings (SSSR count). The zero-order valence-electron chi connectivity index (χ0n) is 22.0. The van der Waals surface area contributed by atoms with Crippen LogP contribution < -0.4 is 5.73 Å². The lowest BCUT2D eigenvalue weighted by atomic mass is 9.88. The number of allylic oxidation sites excluding steroid dienone is 9. The lowest BCUT2D eigenvalue weighted by molar-refractivity contribution is 0.217. The molecule has 234 valence electrons. The van der Waals surface area contributed by atoms with Gasteiger partial charge in [0.2, 0.25) is 0 Å². The number of hydrogen-bond acceptors (Lipinski definition) is 6. The lowest BCUT2D eigenvalue weighted by Gasteiger charge is -2.21. The van der Waals surface area contributed by atoms with Crippen LogP contribution in [-0.2, 0) is 0 Å². The van der Waals surface area contributed by atoms with Gasteiger partial charge in [0.15, 0.2) is 70.5 Å². The standard InChI is InChI=1S/C29H4F12N6/c30-17-8(3-44)18(31)24(37)13(23(17)36)6(1-42)11-12(7(2-43)14-25(38)19(32)9(4-45)20(33)26(14)39)15(11)29(47)16-27(40)21(34)10(5-46)22(35)28(16)41/h17,23H,47H2/b11-6+,12-7-,29-15-. The Labute approximate surface area is 253 Å². The van der Waals surface area contributed by atoms with Crippen molar-refractivity contribution in [2.75, 3.05) is 0 Å². The summed E-state index contributed by atoms with van der Waals surface area (Å²) < 4.78 is 177. The molecule has 2 aromatic rings. The van der Waals surface area contributed by atoms with Gasteiger partial charge < -0.3 is 5.73 Å². The van der Waals surface area contributed by atoms with Gasteiger partial charge in [0.1, 0.15) is 47.0 Å². The van der Waals surface area contributed by atoms with Crippen molar-refractivity contribution >= 4 is 11.3 Å². The molecule has 1 fully saturated rings. The van der Waals surface area contributed by atoms with Gasteiger partial charge in [0.05, 0.1) is 28.0 Å². The SMILES string of the molecule is N#CC1=C(F)C(F)=C(/C(C#N)=C2/C(=C(/N)c3c(F)c(F)c(C#N)c(F)c3F)/C2=C(/C#N)c2c(F)c(F)c(C#N)c(F)c2F)C(F)C1F. The fraction of sp³-hybridized carbons (Fsp3) is 0.0690. The highest BCUT2D eigenvalue weighted by atomic mass is 19.2. The maximum Gasteiger partial charge on any atom is 0.180 e. The molecule has 0 bridgehead atoms. The van der Waals surface area contributed by atoms with E-state index in [1.165, 1.54) is 0 Å². The molecule has 1 saturated carbocycles. The normalized spacial score (nSPS) is 20.5. The molecule has 2 aliphatic carbocycles. The Morgan fingerprint density at radius 1 is 0.489 bits per heavy atom. The minimum absolute atomic E-state index is 0.785. The van der Waals surface area contributed by atoms with Gasteiger partial charge in [-0.15, -0.1) is 0 Å². The van der Waals surface area contributed by atoms with Crippen LogP contribution in [0.2, 0.25) is 0 Å². The van der Waals surface area contributed by atoms with Crippen LogP contribution in [0.5, 0.6) is 0 Å². The maximum absolute atomic E-state index is 15.1. The summed E-state index contributed by atoms with van der Waals surface area (Å²) in [5, 5.41) is 46.1. The molecular weight excluding hydrogens is 660 g/mol. The van der Waals surface area contributed by atoms with Crippen molar-refractivity contribution in [1.82, 2.24) is 0 Å². The lowest BCUT2D eigenvalue weighted by Crippen LogP contribution is -2.28. The molecule has 0 heterocycles. The molecule has 18 heteroatoms. The molecule has 0 radical (unpaired) electrons. The second-order valence-corrected chi connectivity index (χ2v) is 9.12. The number of hydrogen-bond donors (Lipinski definition) is 1. The fourth-order valence-corrected chi connectivity index (χ4v) is 4.61. The van der Waals surface area contributed by atoms with Crippen molar-refractivity contribution in [3.8, 4) is 30.3 Å². The number of benzene rings is 2. The molecule has 0 amide bonds. The second kappa shape index (κ2) is 11.8. The topological polar surface area (TPSA) is 145 Å². The number of nitriles is 5. The summed E-state index contributed by atoms with van der Waals surface area (Å²) in [7, 11) is 0. The summed E-state index contributed by atoms with van der Waals surface area (Å²) in [5.74, 6) is -24.2. The zero-order chi connectivity index (χ0) is 35.4. The number of rotatable bonds is 3. The quantitative estimate of drug-likeness (QED) is 0.220. The third-order valence-corrected chi connectivity index (χ3v) is 6.81. The molecule has 0 aromatic heterocycles. The predicted octanol–water partition coefficient (Wildman–Crippen LogP) is 6.68. The number of nitrogens with zero attached hydrogens (tertiary/aromatic N) is 5. The van der Waals surface area contributed by atoms with Crippen molar-refractivity contribution in [2.45, 2.75) is 12.3 Å². The third-order valence-electron chi connectivity index (χ3n) is 6.81. The minimum Gasteiger partial charge on any atom is -0.398 e. The Morgan fingerprint density at radius 2 is 0.894 bits per heavy atom. The van der Waals surface area contributed by atoms with Crippen LogP contribution >= 0.6 is 0 Å². The Bertz CT molecular complexity index is 2190. The summed E-state index contributed by atoms with van der Waals surface area (Å²) in [6, 6.07) is 4.43. The first-order valence-electron chi connectivity index (χ1n) is 11.9. The number of nitrogens with two attached hydrogens (primary N) is 1. The first kappa shape index (κ1) is 33.4. The molecule has 2 N–H and O–H groups in total. The van der Waals surface area contributed by atoms with Gasteiger partial charge in [-0.05, 0) is 0 Å². The summed E-state index contributed by atoms with van der Waals surface area (Å²) in [5.41, 5.74) is -14.6. The predicted molar refractivity (Wildman–Crippen MR) is 130 cm³/mol. The van der Waals surface area contributed by atoms with E-state index in [9.17, 15) is 54.4 Å². The summed E-state index contributed by atoms with van der Waals surface area (Å²) in [6.45, 7) is 0. The number of alkyl halides is 2. The molecule has 0 saturated heterocycles. The van der Waals surface area contributed by atoms with E-state index < -0.39 is 137 Å². The Hall–Kier alpha value is -6.45. The highest BCUT2D eigenvalue weighted by Gasteiger charge is 2.48. The zero-order valence-corrected chi connectivity index (χ0v) is 22.0. The molecular formula is C29H4F12N6. The third kappa shape index (κ3) is 4.65. The molecule has 47 heavy (non-hydrogen) atoms. The van der Waals surface area contributed by atoms with Gasteiger partial charge in [-0.1, -0.05) is 0 Å². The fourth-order valence-electron chi connectivity index (χ4n) is 4.61. The summed E-state index contributed by atoms with van der Waals surface area (Å²) in [4.78, 5) is 0. The summed E-state index contributed by atoms with van der Waals surface area (Å²) >= 11 is 0. The van der Waals surface area contributed by atoms with Crippen LogP contribution in [0.3, 0.4) is 0 Å². The largest absolute Gasteiger partial charge is 0.398 e. The highest BCUT2D eigenvalue weighted by molar-refractivity contribution is 6.05. The molecule has 2 aromatic carbocycles. The average Bonchev–Trinajstić information content (AvgIpc) is 3.77.